The molecule has 1 heterocycles. The van der Waals surface area contributed by atoms with Gasteiger partial charge in [0.15, 0.2) is 0 Å². The number of terminal acetylenes is 1. The van der Waals surface area contributed by atoms with E-state index in [9.17, 15) is 0 Å². The summed E-state index contributed by atoms with van der Waals surface area (Å²) in [6.07, 6.45) is 12.2. The predicted octanol–water partition coefficient (Wildman–Crippen LogP) is 1.51. The molecule has 0 aliphatic rings. The Kier molecular flexibility index (Phi) is 6.60. The Hall–Kier alpha value is -1.36. The first kappa shape index (κ1) is 8.64. The van der Waals surface area contributed by atoms with Crippen molar-refractivity contribution in [2.75, 3.05) is 0 Å². The van der Waals surface area contributed by atoms with E-state index in [2.05, 4.69) is 15.9 Å². The molecule has 0 atom stereocenters. The molecular weight excluding hydrogens is 124 g/mol. The van der Waals surface area contributed by atoms with Gasteiger partial charge in [-0.05, 0) is 0 Å². The maximum Gasteiger partial charge on any atom is 0.0451 e. The molecule has 10 heavy (non-hydrogen) atoms. The van der Waals surface area contributed by atoms with Gasteiger partial charge < -0.3 is 0 Å². The van der Waals surface area contributed by atoms with E-state index in [1.54, 1.807) is 24.8 Å². The van der Waals surface area contributed by atoms with Crippen LogP contribution in [0.15, 0.2) is 24.8 Å². The minimum Gasteiger partial charge on any atom is -0.262 e. The van der Waals surface area contributed by atoms with Gasteiger partial charge in [-0.3, -0.25) is 9.97 Å². The Morgan fingerprint density at radius 2 is 1.50 bits per heavy atom. The van der Waals surface area contributed by atoms with Crippen molar-refractivity contribution < 1.29 is 0 Å². The van der Waals surface area contributed by atoms with E-state index < -0.39 is 0 Å². The Morgan fingerprint density at radius 3 is 1.60 bits per heavy atom. The highest BCUT2D eigenvalue weighted by molar-refractivity contribution is 4.80. The van der Waals surface area contributed by atoms with Gasteiger partial charge in [-0.25, -0.2) is 0 Å². The van der Waals surface area contributed by atoms with Crippen LogP contribution in [0.4, 0.5) is 0 Å². The molecule has 0 amide bonds. The molecule has 1 aromatic heterocycles. The highest BCUT2D eigenvalue weighted by Crippen LogP contribution is 1.65. The lowest BCUT2D eigenvalue weighted by atomic mass is 10.5. The Balaban J connectivity index is 0.000000180. The number of hydrogen-bond acceptors (Lipinski definition) is 2. The van der Waals surface area contributed by atoms with Gasteiger partial charge >= 0.3 is 0 Å². The molecule has 2 nitrogen and oxygen atoms in total. The van der Waals surface area contributed by atoms with Crippen molar-refractivity contribution in [3.05, 3.63) is 24.8 Å². The molecule has 1 rings (SSSR count). The third-order valence-corrected chi connectivity index (χ3v) is 0.682. The quantitative estimate of drug-likeness (QED) is 0.502. The van der Waals surface area contributed by atoms with Crippen molar-refractivity contribution in [3.8, 4) is 12.3 Å². The number of hydrogen-bond donors (Lipinski definition) is 0. The average Bonchev–Trinajstić information content (AvgIpc) is 2.08. The lowest BCUT2D eigenvalue weighted by molar-refractivity contribution is 1.20. The van der Waals surface area contributed by atoms with Crippen LogP contribution in [0.5, 0.6) is 0 Å². The van der Waals surface area contributed by atoms with Crippen molar-refractivity contribution >= 4 is 0 Å². The largest absolute Gasteiger partial charge is 0.262 e. The van der Waals surface area contributed by atoms with Crippen molar-refractivity contribution in [3.63, 3.8) is 0 Å². The zero-order valence-electron chi connectivity index (χ0n) is 5.99. The van der Waals surface area contributed by atoms with E-state index >= 15 is 0 Å². The summed E-state index contributed by atoms with van der Waals surface area (Å²) in [5.74, 6) is 2.43. The molecule has 0 aliphatic carbocycles. The monoisotopic (exact) mass is 134 g/mol. The highest BCUT2D eigenvalue weighted by Gasteiger charge is 1.59. The van der Waals surface area contributed by atoms with Crippen LogP contribution in [-0.2, 0) is 0 Å². The van der Waals surface area contributed by atoms with Crippen LogP contribution in [0.1, 0.15) is 13.3 Å². The van der Waals surface area contributed by atoms with E-state index in [4.69, 9.17) is 6.42 Å². The Morgan fingerprint density at radius 1 is 1.20 bits per heavy atom. The van der Waals surface area contributed by atoms with Gasteiger partial charge in [0.05, 0.1) is 0 Å². The third kappa shape index (κ3) is 6.64. The average molecular weight is 134 g/mol. The van der Waals surface area contributed by atoms with Crippen LogP contribution in [0.2, 0.25) is 0 Å². The summed E-state index contributed by atoms with van der Waals surface area (Å²) in [6, 6.07) is 0. The first-order valence-electron chi connectivity index (χ1n) is 3.05. The van der Waals surface area contributed by atoms with Crippen molar-refractivity contribution in [1.29, 1.82) is 0 Å². The molecule has 0 unspecified atom stereocenters. The summed E-state index contributed by atoms with van der Waals surface area (Å²) in [5.41, 5.74) is 0. The summed E-state index contributed by atoms with van der Waals surface area (Å²) in [4.78, 5) is 7.44. The first-order chi connectivity index (χ1) is 4.91. The van der Waals surface area contributed by atoms with E-state index in [1.165, 1.54) is 0 Å². The molecule has 0 aromatic carbocycles. The molecule has 0 saturated carbocycles. The Bertz CT molecular complexity index is 149. The summed E-state index contributed by atoms with van der Waals surface area (Å²) in [5, 5.41) is 0. The SMILES string of the molecule is C#CCC.c1cnccn1. The maximum absolute atomic E-state index is 4.78. The molecule has 52 valence electrons. The van der Waals surface area contributed by atoms with E-state index in [1.807, 2.05) is 6.92 Å². The number of nitrogens with zero attached hydrogens (tertiary/aromatic N) is 2. The van der Waals surface area contributed by atoms with Crippen LogP contribution in [0.25, 0.3) is 0 Å². The van der Waals surface area contributed by atoms with E-state index in [0.29, 0.717) is 0 Å². The summed E-state index contributed by atoms with van der Waals surface area (Å²) in [6.45, 7) is 1.94. The zero-order valence-corrected chi connectivity index (χ0v) is 5.99. The molecule has 1 aromatic rings. The lowest BCUT2D eigenvalue weighted by Crippen LogP contribution is -1.66. The molecule has 0 saturated heterocycles. The standard InChI is InChI=1S/C4H4N2.C4H6/c1-2-6-4-3-5-1;1-3-4-2/h1-4H;1H,4H2,2H3. The fourth-order valence-corrected chi connectivity index (χ4v) is 0.253. The topological polar surface area (TPSA) is 25.8 Å². The summed E-state index contributed by atoms with van der Waals surface area (Å²) < 4.78 is 0. The molecule has 0 N–H and O–H groups in total. The predicted molar refractivity (Wildman–Crippen MR) is 41.2 cm³/mol. The van der Waals surface area contributed by atoms with Crippen LogP contribution >= 0.6 is 0 Å². The fourth-order valence-electron chi connectivity index (χ4n) is 0.253. The molecule has 0 fully saturated rings. The second-order valence-corrected chi connectivity index (χ2v) is 1.45. The fraction of sp³-hybridized carbons (Fsp3) is 0.250. The lowest BCUT2D eigenvalue weighted by Gasteiger charge is -1.70. The van der Waals surface area contributed by atoms with Gasteiger partial charge in [0.2, 0.25) is 0 Å². The molecule has 0 aliphatic heterocycles. The molecular formula is C8H10N2. The smallest absolute Gasteiger partial charge is 0.0451 e. The van der Waals surface area contributed by atoms with Crippen LogP contribution in [-0.4, -0.2) is 9.97 Å². The van der Waals surface area contributed by atoms with Crippen LogP contribution < -0.4 is 0 Å². The summed E-state index contributed by atoms with van der Waals surface area (Å²) in [7, 11) is 0. The number of aromatic nitrogens is 2. The van der Waals surface area contributed by atoms with Gasteiger partial charge in [0.25, 0.3) is 0 Å². The van der Waals surface area contributed by atoms with Crippen molar-refractivity contribution in [2.45, 2.75) is 13.3 Å². The first-order valence-corrected chi connectivity index (χ1v) is 3.05. The second-order valence-electron chi connectivity index (χ2n) is 1.45. The van der Waals surface area contributed by atoms with Gasteiger partial charge in [-0.15, -0.1) is 12.3 Å². The highest BCUT2D eigenvalue weighted by atomic mass is 14.7. The molecule has 0 bridgehead atoms. The van der Waals surface area contributed by atoms with E-state index in [-0.39, 0.29) is 0 Å². The van der Waals surface area contributed by atoms with Crippen molar-refractivity contribution in [2.24, 2.45) is 0 Å². The van der Waals surface area contributed by atoms with Gasteiger partial charge in [0, 0.05) is 31.2 Å². The second kappa shape index (κ2) is 7.64. The zero-order chi connectivity index (χ0) is 7.66. The minimum atomic E-state index is 0.847. The molecule has 2 heteroatoms. The van der Waals surface area contributed by atoms with Gasteiger partial charge in [-0.2, -0.15) is 0 Å². The van der Waals surface area contributed by atoms with Gasteiger partial charge in [-0.1, -0.05) is 6.92 Å². The van der Waals surface area contributed by atoms with E-state index in [0.717, 1.165) is 6.42 Å². The number of rotatable bonds is 0. The molecule has 0 radical (unpaired) electrons. The van der Waals surface area contributed by atoms with Crippen LogP contribution in [0, 0.1) is 12.3 Å². The third-order valence-electron chi connectivity index (χ3n) is 0.682. The van der Waals surface area contributed by atoms with Gasteiger partial charge in [0.1, 0.15) is 0 Å². The summed E-state index contributed by atoms with van der Waals surface area (Å²) >= 11 is 0. The van der Waals surface area contributed by atoms with Crippen molar-refractivity contribution in [1.82, 2.24) is 9.97 Å². The maximum atomic E-state index is 4.78. The normalized spacial score (nSPS) is 6.80. The minimum absolute atomic E-state index is 0.847. The Labute approximate surface area is 61.3 Å². The molecule has 0 spiro atoms. The van der Waals surface area contributed by atoms with Crippen LogP contribution in [0.3, 0.4) is 0 Å².